The number of urea groups is 1. The number of rotatable bonds is 2. The minimum atomic E-state index is -4.50. The number of nitrogens with zero attached hydrogens (tertiary/aromatic N) is 2. The van der Waals surface area contributed by atoms with Crippen LogP contribution >= 0.6 is 11.6 Å². The molecule has 0 saturated carbocycles. The molecular weight excluding hydrogens is 391 g/mol. The molecule has 8 heteroatoms. The van der Waals surface area contributed by atoms with Crippen molar-refractivity contribution in [3.8, 4) is 0 Å². The van der Waals surface area contributed by atoms with Gasteiger partial charge in [0.1, 0.15) is 0 Å². The van der Waals surface area contributed by atoms with E-state index in [-0.39, 0.29) is 16.8 Å². The highest BCUT2D eigenvalue weighted by molar-refractivity contribution is 6.33. The fraction of sp³-hybridized carbons (Fsp3) is 0.350. The van der Waals surface area contributed by atoms with E-state index in [2.05, 4.69) is 10.2 Å². The van der Waals surface area contributed by atoms with Crippen molar-refractivity contribution in [2.24, 2.45) is 0 Å². The van der Waals surface area contributed by atoms with Crippen LogP contribution in [0.5, 0.6) is 0 Å². The first kappa shape index (κ1) is 20.3. The summed E-state index contributed by atoms with van der Waals surface area (Å²) in [5.41, 5.74) is 1.35. The Morgan fingerprint density at radius 1 is 1.14 bits per heavy atom. The summed E-state index contributed by atoms with van der Waals surface area (Å²) in [6, 6.07) is 10.7. The number of halogens is 4. The van der Waals surface area contributed by atoms with E-state index in [1.54, 1.807) is 4.90 Å². The molecule has 1 fully saturated rings. The number of hydrogen-bond acceptors (Lipinski definition) is 2. The summed E-state index contributed by atoms with van der Waals surface area (Å²) in [7, 11) is 0. The summed E-state index contributed by atoms with van der Waals surface area (Å²) in [6.45, 7) is 5.58. The second-order valence-electron chi connectivity index (χ2n) is 6.95. The highest BCUT2D eigenvalue weighted by Gasteiger charge is 2.32. The number of piperazine rings is 1. The van der Waals surface area contributed by atoms with Crippen molar-refractivity contribution in [3.05, 3.63) is 58.6 Å². The molecular formula is C20H21ClF3N3O. The van der Waals surface area contributed by atoms with Crippen molar-refractivity contribution in [2.75, 3.05) is 29.9 Å². The van der Waals surface area contributed by atoms with Gasteiger partial charge in [-0.25, -0.2) is 4.79 Å². The second-order valence-corrected chi connectivity index (χ2v) is 7.35. The zero-order valence-corrected chi connectivity index (χ0v) is 16.3. The minimum Gasteiger partial charge on any atom is -0.365 e. The highest BCUT2D eigenvalue weighted by Crippen LogP contribution is 2.34. The van der Waals surface area contributed by atoms with Crippen LogP contribution in [-0.2, 0) is 6.18 Å². The van der Waals surface area contributed by atoms with Crippen LogP contribution in [0.4, 0.5) is 29.3 Å². The molecule has 1 aliphatic rings. The number of aryl methyl sites for hydroxylation is 1. The van der Waals surface area contributed by atoms with Crippen molar-refractivity contribution in [3.63, 3.8) is 0 Å². The number of hydrogen-bond donors (Lipinski definition) is 1. The van der Waals surface area contributed by atoms with Crippen LogP contribution in [0.3, 0.4) is 0 Å². The number of nitrogens with one attached hydrogen (secondary N) is 1. The van der Waals surface area contributed by atoms with Crippen LogP contribution in [0, 0.1) is 6.92 Å². The van der Waals surface area contributed by atoms with Gasteiger partial charge in [-0.3, -0.25) is 0 Å². The molecule has 150 valence electrons. The molecule has 4 nitrogen and oxygen atoms in total. The Morgan fingerprint density at radius 3 is 2.43 bits per heavy atom. The van der Waals surface area contributed by atoms with E-state index in [4.69, 9.17) is 11.6 Å². The van der Waals surface area contributed by atoms with E-state index in [0.29, 0.717) is 19.6 Å². The molecule has 28 heavy (non-hydrogen) atoms. The maximum atomic E-state index is 12.9. The number of alkyl halides is 3. The monoisotopic (exact) mass is 411 g/mol. The predicted molar refractivity (Wildman–Crippen MR) is 105 cm³/mol. The van der Waals surface area contributed by atoms with Crippen LogP contribution < -0.4 is 10.2 Å². The van der Waals surface area contributed by atoms with Gasteiger partial charge in [0.2, 0.25) is 0 Å². The summed E-state index contributed by atoms with van der Waals surface area (Å²) in [5, 5.41) is 2.57. The molecule has 2 aromatic rings. The molecule has 0 spiro atoms. The lowest BCUT2D eigenvalue weighted by Gasteiger charge is -2.41. The van der Waals surface area contributed by atoms with Gasteiger partial charge in [0.15, 0.2) is 0 Å². The summed E-state index contributed by atoms with van der Waals surface area (Å²) >= 11 is 5.97. The summed E-state index contributed by atoms with van der Waals surface area (Å²) in [4.78, 5) is 16.4. The molecule has 2 aromatic carbocycles. The van der Waals surface area contributed by atoms with Crippen LogP contribution in [-0.4, -0.2) is 36.6 Å². The van der Waals surface area contributed by atoms with Gasteiger partial charge in [-0.1, -0.05) is 29.3 Å². The first-order chi connectivity index (χ1) is 13.1. The van der Waals surface area contributed by atoms with Gasteiger partial charge in [-0.05, 0) is 44.2 Å². The van der Waals surface area contributed by atoms with Gasteiger partial charge in [-0.2, -0.15) is 13.2 Å². The van der Waals surface area contributed by atoms with Gasteiger partial charge in [-0.15, -0.1) is 0 Å². The van der Waals surface area contributed by atoms with Crippen LogP contribution in [0.2, 0.25) is 5.02 Å². The number of amides is 2. The molecule has 1 aliphatic heterocycles. The summed E-state index contributed by atoms with van der Waals surface area (Å²) in [6.07, 6.45) is -4.50. The van der Waals surface area contributed by atoms with Crippen LogP contribution in [0.25, 0.3) is 0 Å². The Labute approximate surface area is 166 Å². The molecule has 0 bridgehead atoms. The Kier molecular flexibility index (Phi) is 5.74. The third-order valence-electron chi connectivity index (χ3n) is 4.82. The lowest BCUT2D eigenvalue weighted by Crippen LogP contribution is -2.54. The molecule has 0 radical (unpaired) electrons. The maximum absolute atomic E-state index is 12.9. The molecule has 0 unspecified atom stereocenters. The number of anilines is 2. The lowest BCUT2D eigenvalue weighted by atomic mass is 10.1. The fourth-order valence-corrected chi connectivity index (χ4v) is 3.42. The molecule has 0 aromatic heterocycles. The fourth-order valence-electron chi connectivity index (χ4n) is 3.25. The third kappa shape index (κ3) is 4.52. The van der Waals surface area contributed by atoms with Gasteiger partial charge in [0.05, 0.1) is 16.3 Å². The van der Waals surface area contributed by atoms with Crippen LogP contribution in [0.1, 0.15) is 18.1 Å². The van der Waals surface area contributed by atoms with E-state index in [1.807, 2.05) is 38.1 Å². The zero-order valence-electron chi connectivity index (χ0n) is 15.6. The van der Waals surface area contributed by atoms with E-state index in [0.717, 1.165) is 23.9 Å². The zero-order chi connectivity index (χ0) is 20.5. The Balaban J connectivity index is 1.67. The topological polar surface area (TPSA) is 35.6 Å². The first-order valence-electron chi connectivity index (χ1n) is 8.91. The smallest absolute Gasteiger partial charge is 0.365 e. The average molecular weight is 412 g/mol. The highest BCUT2D eigenvalue weighted by atomic mass is 35.5. The Bertz CT molecular complexity index is 855. The van der Waals surface area contributed by atoms with Crippen molar-refractivity contribution in [1.29, 1.82) is 0 Å². The van der Waals surface area contributed by atoms with E-state index in [1.165, 1.54) is 5.56 Å². The minimum absolute atomic E-state index is 0.0462. The third-order valence-corrected chi connectivity index (χ3v) is 5.15. The van der Waals surface area contributed by atoms with Gasteiger partial charge in [0, 0.05) is 31.4 Å². The second kappa shape index (κ2) is 7.91. The SMILES string of the molecule is Cc1ccc(N2CCN(C(=O)Nc3cc(C(F)(F)F)ccc3Cl)C[C@@H]2C)cc1. The van der Waals surface area contributed by atoms with E-state index >= 15 is 0 Å². The predicted octanol–water partition coefficient (Wildman–Crippen LogP) is 5.41. The normalized spacial score (nSPS) is 17.6. The molecule has 3 rings (SSSR count). The largest absolute Gasteiger partial charge is 0.416 e. The van der Waals surface area contributed by atoms with Crippen molar-refractivity contribution in [1.82, 2.24) is 4.90 Å². The average Bonchev–Trinajstić information content (AvgIpc) is 2.63. The van der Waals surface area contributed by atoms with Gasteiger partial charge < -0.3 is 15.1 Å². The quantitative estimate of drug-likeness (QED) is 0.717. The van der Waals surface area contributed by atoms with Crippen LogP contribution in [0.15, 0.2) is 42.5 Å². The first-order valence-corrected chi connectivity index (χ1v) is 9.29. The van der Waals surface area contributed by atoms with E-state index < -0.39 is 17.8 Å². The van der Waals surface area contributed by atoms with Crippen molar-refractivity contribution >= 4 is 29.0 Å². The van der Waals surface area contributed by atoms with E-state index in [9.17, 15) is 18.0 Å². The van der Waals surface area contributed by atoms with Crippen molar-refractivity contribution < 1.29 is 18.0 Å². The molecule has 1 N–H and O–H groups in total. The van der Waals surface area contributed by atoms with Crippen molar-refractivity contribution in [2.45, 2.75) is 26.1 Å². The Morgan fingerprint density at radius 2 is 1.82 bits per heavy atom. The standard InChI is InChI=1S/C20H21ClF3N3O/c1-13-3-6-16(7-4-13)27-10-9-26(12-14(27)2)19(28)25-18-11-15(20(22,23)24)5-8-17(18)21/h3-8,11,14H,9-10,12H2,1-2H3,(H,25,28)/t14-/m0/s1. The molecule has 2 amide bonds. The molecule has 1 heterocycles. The number of carbonyl (C=O) groups excluding carboxylic acids is 1. The van der Waals surface area contributed by atoms with Gasteiger partial charge in [0.25, 0.3) is 0 Å². The molecule has 1 atom stereocenters. The molecule has 0 aliphatic carbocycles. The lowest BCUT2D eigenvalue weighted by molar-refractivity contribution is -0.137. The summed E-state index contributed by atoms with van der Waals surface area (Å²) in [5.74, 6) is 0. The van der Waals surface area contributed by atoms with Gasteiger partial charge >= 0.3 is 12.2 Å². The molecule has 1 saturated heterocycles. The number of benzene rings is 2. The summed E-state index contributed by atoms with van der Waals surface area (Å²) < 4.78 is 38.7. The maximum Gasteiger partial charge on any atom is 0.416 e. The number of carbonyl (C=O) groups is 1. The Hall–Kier alpha value is -2.41.